The van der Waals surface area contributed by atoms with Crippen molar-refractivity contribution >= 4 is 36.6 Å². The molecule has 0 bridgehead atoms. The van der Waals surface area contributed by atoms with Gasteiger partial charge in [0.25, 0.3) is 0 Å². The van der Waals surface area contributed by atoms with E-state index in [0.717, 1.165) is 43.8 Å². The number of carbonyl (C=O) groups is 2. The Morgan fingerprint density at radius 2 is 1.72 bits per heavy atom. The molecular weight excluding hydrogens is 539 g/mol. The molecule has 39 heavy (non-hydrogen) atoms. The molecule has 216 valence electrons. The first-order valence-corrected chi connectivity index (χ1v) is 13.5. The number of aromatic nitrogens is 1. The highest BCUT2D eigenvalue weighted by Gasteiger charge is 2.53. The van der Waals surface area contributed by atoms with Crippen molar-refractivity contribution in [3.05, 3.63) is 48.2 Å². The molecule has 0 aliphatic carbocycles. The smallest absolute Gasteiger partial charge is 0.246 e. The van der Waals surface area contributed by atoms with Gasteiger partial charge in [-0.2, -0.15) is 0 Å². The number of carbonyl (C=O) groups excluding carboxylic acids is 2. The Kier molecular flexibility index (Phi) is 12.3. The Labute approximate surface area is 244 Å². The maximum Gasteiger partial charge on any atom is 0.246 e. The summed E-state index contributed by atoms with van der Waals surface area (Å²) in [5.41, 5.74) is 0.354. The number of amides is 2. The summed E-state index contributed by atoms with van der Waals surface area (Å²) in [4.78, 5) is 35.6. The van der Waals surface area contributed by atoms with Crippen LogP contribution in [0.2, 0.25) is 0 Å². The zero-order valence-corrected chi connectivity index (χ0v) is 25.0. The number of hydrogen-bond donors (Lipinski definition) is 1. The molecule has 2 aromatic rings. The van der Waals surface area contributed by atoms with Crippen LogP contribution in [0.4, 0.5) is 0 Å². The van der Waals surface area contributed by atoms with Gasteiger partial charge in [-0.1, -0.05) is 33.3 Å². The number of ether oxygens (including phenoxy) is 2. The molecule has 1 spiro atoms. The largest absolute Gasteiger partial charge is 0.497 e. The molecule has 2 aliphatic heterocycles. The van der Waals surface area contributed by atoms with Crippen LogP contribution in [0.3, 0.4) is 0 Å². The fourth-order valence-electron chi connectivity index (χ4n) is 5.31. The standard InChI is InChI=1S/C29H40N4O4.2ClH/c1-5-6-15-33-27(34)25(18-21(2)3)31-28(35)29(33)13-16-32(17-14-29)20-22-7-12-26(30-19-22)37-24-10-8-23(36-4)9-11-24;;/h7-12,19,21,25H,5-6,13-18,20H2,1-4H3,(H,31,35);2*1H/t25-;;/m0../s1. The van der Waals surface area contributed by atoms with Crippen LogP contribution in [0.15, 0.2) is 42.6 Å². The van der Waals surface area contributed by atoms with E-state index in [1.165, 1.54) is 0 Å². The Balaban J connectivity index is 0.00000267. The van der Waals surface area contributed by atoms with Crippen LogP contribution in [-0.2, 0) is 16.1 Å². The van der Waals surface area contributed by atoms with Gasteiger partial charge in [0.1, 0.15) is 23.1 Å². The van der Waals surface area contributed by atoms with Gasteiger partial charge in [0.05, 0.1) is 7.11 Å². The van der Waals surface area contributed by atoms with Gasteiger partial charge in [0.2, 0.25) is 17.7 Å². The van der Waals surface area contributed by atoms with E-state index in [2.05, 4.69) is 36.0 Å². The lowest BCUT2D eigenvalue weighted by atomic mass is 9.80. The number of likely N-dealkylation sites (tertiary alicyclic amines) is 1. The first-order valence-electron chi connectivity index (χ1n) is 13.5. The van der Waals surface area contributed by atoms with Crippen molar-refractivity contribution in [2.45, 2.75) is 71.0 Å². The molecule has 4 rings (SSSR count). The van der Waals surface area contributed by atoms with Crippen LogP contribution in [0.1, 0.15) is 58.4 Å². The topological polar surface area (TPSA) is 84.0 Å². The Hall–Kier alpha value is -2.55. The molecule has 1 N–H and O–H groups in total. The lowest BCUT2D eigenvalue weighted by Crippen LogP contribution is -2.73. The van der Waals surface area contributed by atoms with E-state index in [9.17, 15) is 9.59 Å². The van der Waals surface area contributed by atoms with Gasteiger partial charge >= 0.3 is 0 Å². The Morgan fingerprint density at radius 1 is 1.05 bits per heavy atom. The number of unbranched alkanes of at least 4 members (excludes halogenated alkanes) is 1. The Morgan fingerprint density at radius 3 is 2.28 bits per heavy atom. The molecule has 2 aliphatic rings. The van der Waals surface area contributed by atoms with Gasteiger partial charge in [0.15, 0.2) is 0 Å². The summed E-state index contributed by atoms with van der Waals surface area (Å²) in [5.74, 6) is 2.47. The molecule has 1 aromatic heterocycles. The van der Waals surface area contributed by atoms with Crippen LogP contribution < -0.4 is 14.8 Å². The minimum Gasteiger partial charge on any atom is -0.497 e. The molecular formula is C29H42Cl2N4O4. The summed E-state index contributed by atoms with van der Waals surface area (Å²) < 4.78 is 11.0. The fourth-order valence-corrected chi connectivity index (χ4v) is 5.31. The summed E-state index contributed by atoms with van der Waals surface area (Å²) in [6, 6.07) is 10.9. The van der Waals surface area contributed by atoms with Gasteiger partial charge in [-0.25, -0.2) is 4.98 Å². The second kappa shape index (κ2) is 14.7. The molecule has 0 radical (unpaired) electrons. The van der Waals surface area contributed by atoms with Crippen molar-refractivity contribution in [1.82, 2.24) is 20.1 Å². The number of piperidine rings is 1. The van der Waals surface area contributed by atoms with Crippen molar-refractivity contribution < 1.29 is 19.1 Å². The lowest BCUT2D eigenvalue weighted by molar-refractivity contribution is -0.161. The van der Waals surface area contributed by atoms with Crippen molar-refractivity contribution in [3.8, 4) is 17.4 Å². The molecule has 1 atom stereocenters. The van der Waals surface area contributed by atoms with Gasteiger partial charge in [-0.3, -0.25) is 14.5 Å². The summed E-state index contributed by atoms with van der Waals surface area (Å²) >= 11 is 0. The lowest BCUT2D eigenvalue weighted by Gasteiger charge is -2.52. The maximum atomic E-state index is 13.4. The second-order valence-corrected chi connectivity index (χ2v) is 10.6. The second-order valence-electron chi connectivity index (χ2n) is 10.6. The molecule has 8 nitrogen and oxygen atoms in total. The summed E-state index contributed by atoms with van der Waals surface area (Å²) in [5, 5.41) is 3.08. The van der Waals surface area contributed by atoms with Crippen LogP contribution >= 0.6 is 24.8 Å². The number of rotatable bonds is 10. The molecule has 0 saturated carbocycles. The molecule has 2 fully saturated rings. The van der Waals surface area contributed by atoms with E-state index in [4.69, 9.17) is 9.47 Å². The number of nitrogens with zero attached hydrogens (tertiary/aromatic N) is 3. The maximum absolute atomic E-state index is 13.4. The quantitative estimate of drug-likeness (QED) is 0.414. The van der Waals surface area contributed by atoms with E-state index >= 15 is 0 Å². The minimum absolute atomic E-state index is 0. The van der Waals surface area contributed by atoms with Crippen molar-refractivity contribution in [2.24, 2.45) is 5.92 Å². The normalized spacial score (nSPS) is 18.8. The molecule has 2 saturated heterocycles. The molecule has 1 aromatic carbocycles. The predicted molar refractivity (Wildman–Crippen MR) is 157 cm³/mol. The molecule has 3 heterocycles. The van der Waals surface area contributed by atoms with Gasteiger partial charge in [0, 0.05) is 38.4 Å². The first-order chi connectivity index (χ1) is 17.8. The van der Waals surface area contributed by atoms with Gasteiger partial charge < -0.3 is 19.7 Å². The monoisotopic (exact) mass is 580 g/mol. The third-order valence-electron chi connectivity index (χ3n) is 7.42. The third-order valence-corrected chi connectivity index (χ3v) is 7.42. The third kappa shape index (κ3) is 7.77. The molecule has 0 unspecified atom stereocenters. The van der Waals surface area contributed by atoms with Gasteiger partial charge in [-0.15, -0.1) is 24.8 Å². The molecule has 2 amide bonds. The van der Waals surface area contributed by atoms with Crippen molar-refractivity contribution in [2.75, 3.05) is 26.7 Å². The van der Waals surface area contributed by atoms with E-state index in [-0.39, 0.29) is 36.6 Å². The van der Waals surface area contributed by atoms with E-state index in [1.807, 2.05) is 47.5 Å². The zero-order chi connectivity index (χ0) is 26.4. The van der Waals surface area contributed by atoms with E-state index in [0.29, 0.717) is 43.4 Å². The Bertz CT molecular complexity index is 1060. The van der Waals surface area contributed by atoms with Crippen LogP contribution in [-0.4, -0.2) is 64.9 Å². The summed E-state index contributed by atoms with van der Waals surface area (Å²) in [6.07, 6.45) is 5.72. The van der Waals surface area contributed by atoms with Crippen LogP contribution in [0.5, 0.6) is 17.4 Å². The van der Waals surface area contributed by atoms with Crippen LogP contribution in [0.25, 0.3) is 0 Å². The number of halogens is 2. The van der Waals surface area contributed by atoms with E-state index in [1.54, 1.807) is 7.11 Å². The number of nitrogens with one attached hydrogen (secondary N) is 1. The fraction of sp³-hybridized carbons (Fsp3) is 0.552. The van der Waals surface area contributed by atoms with Gasteiger partial charge in [-0.05, 0) is 61.4 Å². The number of piperazine rings is 1. The highest BCUT2D eigenvalue weighted by molar-refractivity contribution is 6.00. The number of methoxy groups -OCH3 is 1. The van der Waals surface area contributed by atoms with Crippen LogP contribution in [0, 0.1) is 5.92 Å². The number of pyridine rings is 1. The first kappa shape index (κ1) is 32.7. The van der Waals surface area contributed by atoms with E-state index < -0.39 is 11.6 Å². The number of benzene rings is 1. The average Bonchev–Trinajstić information content (AvgIpc) is 2.90. The summed E-state index contributed by atoms with van der Waals surface area (Å²) in [7, 11) is 1.63. The van der Waals surface area contributed by atoms with Crippen molar-refractivity contribution in [1.29, 1.82) is 0 Å². The predicted octanol–water partition coefficient (Wildman–Crippen LogP) is 5.23. The highest BCUT2D eigenvalue weighted by Crippen LogP contribution is 2.35. The molecule has 10 heteroatoms. The summed E-state index contributed by atoms with van der Waals surface area (Å²) in [6.45, 7) is 9.20. The van der Waals surface area contributed by atoms with Crippen molar-refractivity contribution in [3.63, 3.8) is 0 Å². The minimum atomic E-state index is -0.732. The highest BCUT2D eigenvalue weighted by atomic mass is 35.5. The average molecular weight is 582 g/mol. The SMILES string of the molecule is CCCCN1C(=O)[C@H](CC(C)C)NC(=O)C12CCN(Cc1ccc(Oc3ccc(OC)cc3)nc1)CC2.Cl.Cl. The zero-order valence-electron chi connectivity index (χ0n) is 23.4. The number of hydrogen-bond acceptors (Lipinski definition) is 6.